The number of sulfone groups is 1. The molecule has 1 rings (SSSR count). The van der Waals surface area contributed by atoms with E-state index in [1.165, 1.54) is 12.3 Å². The Hall–Kier alpha value is -1.83. The predicted octanol–water partition coefficient (Wildman–Crippen LogP) is 1.71. The van der Waals surface area contributed by atoms with Crippen LogP contribution in [0.25, 0.3) is 0 Å². The fourth-order valence-electron chi connectivity index (χ4n) is 2.00. The Labute approximate surface area is 143 Å². The largest absolute Gasteiger partial charge is 0.491 e. The highest BCUT2D eigenvalue weighted by molar-refractivity contribution is 7.90. The van der Waals surface area contributed by atoms with Crippen LogP contribution < -0.4 is 15.4 Å². The van der Waals surface area contributed by atoms with Gasteiger partial charge < -0.3 is 15.4 Å². The Balaban J connectivity index is 2.53. The van der Waals surface area contributed by atoms with E-state index < -0.39 is 15.7 Å². The second-order valence-electron chi connectivity index (χ2n) is 5.59. The van der Waals surface area contributed by atoms with Gasteiger partial charge in [0.1, 0.15) is 9.84 Å². The van der Waals surface area contributed by atoms with Gasteiger partial charge in [-0.1, -0.05) is 6.07 Å². The van der Waals surface area contributed by atoms with E-state index in [1.54, 1.807) is 26.1 Å². The van der Waals surface area contributed by atoms with Crippen LogP contribution in [0.2, 0.25) is 0 Å². The van der Waals surface area contributed by atoms with Gasteiger partial charge in [0.05, 0.1) is 12.4 Å². The normalized spacial score (nSPS) is 13.5. The number of halogens is 1. The van der Waals surface area contributed by atoms with Crippen molar-refractivity contribution in [3.8, 4) is 5.75 Å². The van der Waals surface area contributed by atoms with Crippen molar-refractivity contribution in [3.63, 3.8) is 0 Å². The molecule has 1 aromatic carbocycles. The Bertz CT molecular complexity index is 663. The third kappa shape index (κ3) is 7.63. The Morgan fingerprint density at radius 2 is 2.12 bits per heavy atom. The highest BCUT2D eigenvalue weighted by atomic mass is 32.2. The second-order valence-corrected chi connectivity index (χ2v) is 7.85. The summed E-state index contributed by atoms with van der Waals surface area (Å²) in [5.74, 6) is 0.478. The number of benzene rings is 1. The number of hydrogen-bond donors (Lipinski definition) is 2. The molecular formula is C16H26FN3O3S. The molecule has 0 aromatic heterocycles. The van der Waals surface area contributed by atoms with Gasteiger partial charge in [-0.25, -0.2) is 12.8 Å². The van der Waals surface area contributed by atoms with E-state index in [1.807, 2.05) is 6.92 Å². The van der Waals surface area contributed by atoms with Crippen molar-refractivity contribution in [2.45, 2.75) is 32.9 Å². The molecule has 0 aliphatic carbocycles. The molecule has 0 saturated carbocycles. The molecule has 0 spiro atoms. The van der Waals surface area contributed by atoms with Crippen molar-refractivity contribution in [3.05, 3.63) is 29.6 Å². The maximum Gasteiger partial charge on any atom is 0.191 e. The van der Waals surface area contributed by atoms with Gasteiger partial charge in [-0.3, -0.25) is 4.99 Å². The summed E-state index contributed by atoms with van der Waals surface area (Å²) in [6.07, 6.45) is 1.70. The predicted molar refractivity (Wildman–Crippen MR) is 94.7 cm³/mol. The van der Waals surface area contributed by atoms with Gasteiger partial charge in [-0.2, -0.15) is 0 Å². The van der Waals surface area contributed by atoms with Crippen LogP contribution in [0.15, 0.2) is 23.2 Å². The highest BCUT2D eigenvalue weighted by Gasteiger charge is 2.10. The molecule has 0 amide bonds. The van der Waals surface area contributed by atoms with Crippen molar-refractivity contribution >= 4 is 15.8 Å². The van der Waals surface area contributed by atoms with Crippen molar-refractivity contribution < 1.29 is 17.5 Å². The summed E-state index contributed by atoms with van der Waals surface area (Å²) in [6, 6.07) is 4.74. The van der Waals surface area contributed by atoms with E-state index in [4.69, 9.17) is 4.74 Å². The standard InChI is InChI=1S/C16H26FN3O3S/c1-5-23-15-7-6-13(10-14(15)17)11-19-16(18-3)20-12(2)8-9-24(4,21)22/h6-7,10,12H,5,8-9,11H2,1-4H3,(H2,18,19,20). The molecule has 0 bridgehead atoms. The van der Waals surface area contributed by atoms with Crippen LogP contribution in [-0.2, 0) is 16.4 Å². The molecule has 0 aliphatic heterocycles. The first-order chi connectivity index (χ1) is 11.2. The molecule has 0 saturated heterocycles. The fraction of sp³-hybridized carbons (Fsp3) is 0.562. The summed E-state index contributed by atoms with van der Waals surface area (Å²) in [7, 11) is -1.36. The molecule has 0 heterocycles. The topological polar surface area (TPSA) is 79.8 Å². The van der Waals surface area contributed by atoms with Crippen LogP contribution in [0.4, 0.5) is 4.39 Å². The lowest BCUT2D eigenvalue weighted by atomic mass is 10.2. The smallest absolute Gasteiger partial charge is 0.191 e. The Morgan fingerprint density at radius 1 is 1.42 bits per heavy atom. The number of rotatable bonds is 8. The fourth-order valence-corrected chi connectivity index (χ4v) is 2.79. The quantitative estimate of drug-likeness (QED) is 0.546. The maximum atomic E-state index is 13.8. The summed E-state index contributed by atoms with van der Waals surface area (Å²) in [4.78, 5) is 4.08. The van der Waals surface area contributed by atoms with Gasteiger partial charge in [0.2, 0.25) is 0 Å². The number of hydrogen-bond acceptors (Lipinski definition) is 4. The van der Waals surface area contributed by atoms with Gasteiger partial charge in [-0.15, -0.1) is 0 Å². The molecule has 0 fully saturated rings. The summed E-state index contributed by atoms with van der Waals surface area (Å²) >= 11 is 0. The van der Waals surface area contributed by atoms with Gasteiger partial charge in [0, 0.05) is 25.9 Å². The molecule has 1 unspecified atom stereocenters. The average Bonchev–Trinajstić information content (AvgIpc) is 2.51. The number of aliphatic imine (C=N–C) groups is 1. The van der Waals surface area contributed by atoms with Crippen LogP contribution in [0.3, 0.4) is 0 Å². The van der Waals surface area contributed by atoms with Gasteiger partial charge in [-0.05, 0) is 38.0 Å². The molecule has 24 heavy (non-hydrogen) atoms. The van der Waals surface area contributed by atoms with Crippen molar-refractivity contribution in [1.29, 1.82) is 0 Å². The summed E-state index contributed by atoms with van der Waals surface area (Å²) in [5, 5.41) is 6.19. The van der Waals surface area contributed by atoms with E-state index in [0.29, 0.717) is 25.5 Å². The monoisotopic (exact) mass is 359 g/mol. The number of ether oxygens (including phenoxy) is 1. The molecule has 136 valence electrons. The number of nitrogens with one attached hydrogen (secondary N) is 2. The first-order valence-electron chi connectivity index (χ1n) is 7.81. The van der Waals surface area contributed by atoms with Crippen molar-refractivity contribution in [2.75, 3.05) is 25.7 Å². The Morgan fingerprint density at radius 3 is 2.67 bits per heavy atom. The summed E-state index contributed by atoms with van der Waals surface area (Å²) in [5.41, 5.74) is 0.752. The SMILES string of the molecule is CCOc1ccc(CNC(=NC)NC(C)CCS(C)(=O)=O)cc1F. The van der Waals surface area contributed by atoms with E-state index in [0.717, 1.165) is 5.56 Å². The molecule has 1 atom stereocenters. The van der Waals surface area contributed by atoms with Crippen LogP contribution >= 0.6 is 0 Å². The van der Waals surface area contributed by atoms with Crippen LogP contribution in [0.5, 0.6) is 5.75 Å². The lowest BCUT2D eigenvalue weighted by Crippen LogP contribution is -2.42. The minimum Gasteiger partial charge on any atom is -0.491 e. The van der Waals surface area contributed by atoms with Crippen LogP contribution in [0.1, 0.15) is 25.8 Å². The van der Waals surface area contributed by atoms with Crippen molar-refractivity contribution in [2.24, 2.45) is 4.99 Å². The van der Waals surface area contributed by atoms with Gasteiger partial charge in [0.15, 0.2) is 17.5 Å². The van der Waals surface area contributed by atoms with Crippen molar-refractivity contribution in [1.82, 2.24) is 10.6 Å². The van der Waals surface area contributed by atoms with E-state index in [9.17, 15) is 12.8 Å². The van der Waals surface area contributed by atoms with Gasteiger partial charge >= 0.3 is 0 Å². The molecular weight excluding hydrogens is 333 g/mol. The zero-order valence-electron chi connectivity index (χ0n) is 14.6. The van der Waals surface area contributed by atoms with Gasteiger partial charge in [0.25, 0.3) is 0 Å². The minimum absolute atomic E-state index is 0.0528. The lowest BCUT2D eigenvalue weighted by molar-refractivity contribution is 0.321. The maximum absolute atomic E-state index is 13.8. The molecule has 8 heteroatoms. The molecule has 2 N–H and O–H groups in total. The van der Waals surface area contributed by atoms with Crippen LogP contribution in [-0.4, -0.2) is 46.1 Å². The lowest BCUT2D eigenvalue weighted by Gasteiger charge is -2.17. The zero-order chi connectivity index (χ0) is 18.2. The molecule has 0 aliphatic rings. The first kappa shape index (κ1) is 20.2. The number of nitrogens with zero attached hydrogens (tertiary/aromatic N) is 1. The third-order valence-corrected chi connectivity index (χ3v) is 4.26. The third-order valence-electron chi connectivity index (χ3n) is 3.28. The average molecular weight is 359 g/mol. The summed E-state index contributed by atoms with van der Waals surface area (Å²) in [6.45, 7) is 4.49. The number of guanidine groups is 1. The summed E-state index contributed by atoms with van der Waals surface area (Å²) < 4.78 is 41.4. The molecule has 0 radical (unpaired) electrons. The second kappa shape index (κ2) is 9.46. The first-order valence-corrected chi connectivity index (χ1v) is 9.87. The zero-order valence-corrected chi connectivity index (χ0v) is 15.4. The van der Waals surface area contributed by atoms with E-state index in [-0.39, 0.29) is 17.5 Å². The highest BCUT2D eigenvalue weighted by Crippen LogP contribution is 2.18. The molecule has 6 nitrogen and oxygen atoms in total. The van der Waals surface area contributed by atoms with Crippen LogP contribution in [0, 0.1) is 5.82 Å². The van der Waals surface area contributed by atoms with E-state index >= 15 is 0 Å². The minimum atomic E-state index is -2.98. The Kier molecular flexibility index (Phi) is 7.97. The molecule has 1 aromatic rings. The van der Waals surface area contributed by atoms with E-state index in [2.05, 4.69) is 15.6 Å².